The lowest BCUT2D eigenvalue weighted by Crippen LogP contribution is -2.31. The topological polar surface area (TPSA) is 0 Å². The highest BCUT2D eigenvalue weighted by molar-refractivity contribution is 5.39. The minimum atomic E-state index is 0.925. The van der Waals surface area contributed by atoms with Crippen molar-refractivity contribution in [3.8, 4) is 0 Å². The van der Waals surface area contributed by atoms with Gasteiger partial charge < -0.3 is 0 Å². The van der Waals surface area contributed by atoms with Crippen LogP contribution in [0.15, 0.2) is 23.3 Å². The summed E-state index contributed by atoms with van der Waals surface area (Å²) < 4.78 is 0. The molecule has 3 aliphatic rings. The lowest BCUT2D eigenvalue weighted by Gasteiger charge is -2.40. The monoisotopic (exact) mass is 146 g/mol. The van der Waals surface area contributed by atoms with Crippen molar-refractivity contribution in [2.45, 2.75) is 20.3 Å². The molecule has 0 spiro atoms. The molecule has 0 amide bonds. The minimum absolute atomic E-state index is 0.925. The van der Waals surface area contributed by atoms with Gasteiger partial charge in [-0.25, -0.2) is 0 Å². The van der Waals surface area contributed by atoms with E-state index in [4.69, 9.17) is 0 Å². The Balaban J connectivity index is 2.06. The van der Waals surface area contributed by atoms with E-state index < -0.39 is 0 Å². The number of hydrogen-bond donors (Lipinski definition) is 0. The average molecular weight is 146 g/mol. The summed E-state index contributed by atoms with van der Waals surface area (Å²) in [5.41, 5.74) is 3.40. The SMILES string of the molecule is CC1=C(C)C2C3C=CC(C3)C12. The van der Waals surface area contributed by atoms with Gasteiger partial charge in [0.15, 0.2) is 0 Å². The molecule has 2 bridgehead atoms. The van der Waals surface area contributed by atoms with E-state index in [-0.39, 0.29) is 0 Å². The fourth-order valence-electron chi connectivity index (χ4n) is 3.43. The van der Waals surface area contributed by atoms with E-state index >= 15 is 0 Å². The number of hydrogen-bond acceptors (Lipinski definition) is 0. The van der Waals surface area contributed by atoms with E-state index in [2.05, 4.69) is 26.0 Å². The lowest BCUT2D eigenvalue weighted by atomic mass is 9.64. The van der Waals surface area contributed by atoms with Crippen LogP contribution in [0.4, 0.5) is 0 Å². The highest BCUT2D eigenvalue weighted by atomic mass is 14.6. The number of rotatable bonds is 0. The Morgan fingerprint density at radius 3 is 1.91 bits per heavy atom. The molecule has 0 aromatic carbocycles. The maximum atomic E-state index is 2.45. The first-order chi connectivity index (χ1) is 5.29. The summed E-state index contributed by atoms with van der Waals surface area (Å²) in [7, 11) is 0. The van der Waals surface area contributed by atoms with E-state index in [0.717, 1.165) is 23.7 Å². The standard InChI is InChI=1S/C11H14/c1-6-7(2)11-9-4-3-8(5-9)10(6)11/h3-4,8-11H,5H2,1-2H3. The van der Waals surface area contributed by atoms with Crippen molar-refractivity contribution in [2.24, 2.45) is 23.7 Å². The van der Waals surface area contributed by atoms with Crippen molar-refractivity contribution in [1.82, 2.24) is 0 Å². The van der Waals surface area contributed by atoms with Crippen LogP contribution in [-0.4, -0.2) is 0 Å². The van der Waals surface area contributed by atoms with Gasteiger partial charge in [-0.2, -0.15) is 0 Å². The molecule has 4 unspecified atom stereocenters. The minimum Gasteiger partial charge on any atom is -0.0845 e. The summed E-state index contributed by atoms with van der Waals surface area (Å²) in [4.78, 5) is 0. The molecule has 0 saturated heterocycles. The fourth-order valence-corrected chi connectivity index (χ4v) is 3.43. The van der Waals surface area contributed by atoms with Crippen molar-refractivity contribution in [3.05, 3.63) is 23.3 Å². The van der Waals surface area contributed by atoms with Gasteiger partial charge in [0, 0.05) is 0 Å². The number of fused-ring (bicyclic) bond motifs is 5. The average Bonchev–Trinajstić information content (AvgIpc) is 2.58. The van der Waals surface area contributed by atoms with Crippen LogP contribution in [-0.2, 0) is 0 Å². The molecule has 58 valence electrons. The van der Waals surface area contributed by atoms with Crippen LogP contribution in [0.25, 0.3) is 0 Å². The summed E-state index contributed by atoms with van der Waals surface area (Å²) in [5.74, 6) is 3.78. The largest absolute Gasteiger partial charge is 0.0845 e. The molecular formula is C11H14. The van der Waals surface area contributed by atoms with E-state index in [1.807, 2.05) is 0 Å². The van der Waals surface area contributed by atoms with Gasteiger partial charge in [-0.15, -0.1) is 0 Å². The van der Waals surface area contributed by atoms with E-state index in [1.165, 1.54) is 6.42 Å². The lowest BCUT2D eigenvalue weighted by molar-refractivity contribution is 0.342. The second-order valence-corrected chi connectivity index (χ2v) is 4.37. The molecule has 11 heavy (non-hydrogen) atoms. The van der Waals surface area contributed by atoms with Crippen LogP contribution in [0.1, 0.15) is 20.3 Å². The van der Waals surface area contributed by atoms with Crippen molar-refractivity contribution < 1.29 is 0 Å². The van der Waals surface area contributed by atoms with E-state index in [0.29, 0.717) is 0 Å². The maximum absolute atomic E-state index is 2.45. The Bertz CT molecular complexity index is 244. The zero-order chi connectivity index (χ0) is 7.59. The second kappa shape index (κ2) is 1.63. The third-order valence-corrected chi connectivity index (χ3v) is 4.08. The van der Waals surface area contributed by atoms with Gasteiger partial charge in [0.2, 0.25) is 0 Å². The van der Waals surface area contributed by atoms with Crippen molar-refractivity contribution >= 4 is 0 Å². The van der Waals surface area contributed by atoms with Gasteiger partial charge in [-0.1, -0.05) is 23.3 Å². The molecule has 0 radical (unpaired) electrons. The van der Waals surface area contributed by atoms with Gasteiger partial charge in [-0.05, 0) is 43.9 Å². The van der Waals surface area contributed by atoms with Crippen LogP contribution < -0.4 is 0 Å². The molecule has 0 aromatic heterocycles. The molecule has 1 saturated carbocycles. The zero-order valence-corrected chi connectivity index (χ0v) is 7.17. The Kier molecular flexibility index (Phi) is 0.894. The maximum Gasteiger partial charge on any atom is -0.00689 e. The number of allylic oxidation sites excluding steroid dienone is 4. The van der Waals surface area contributed by atoms with Crippen LogP contribution in [0.5, 0.6) is 0 Å². The smallest absolute Gasteiger partial charge is 0.00689 e. The molecule has 0 nitrogen and oxygen atoms in total. The Morgan fingerprint density at radius 1 is 1.00 bits per heavy atom. The van der Waals surface area contributed by atoms with Gasteiger partial charge in [-0.3, -0.25) is 0 Å². The highest BCUT2D eigenvalue weighted by Gasteiger charge is 2.51. The molecule has 0 N–H and O–H groups in total. The van der Waals surface area contributed by atoms with Crippen LogP contribution >= 0.6 is 0 Å². The van der Waals surface area contributed by atoms with Crippen LogP contribution in [0.2, 0.25) is 0 Å². The van der Waals surface area contributed by atoms with Crippen LogP contribution in [0, 0.1) is 23.7 Å². The molecule has 3 rings (SSSR count). The predicted molar refractivity (Wildman–Crippen MR) is 46.1 cm³/mol. The van der Waals surface area contributed by atoms with Crippen molar-refractivity contribution in [1.29, 1.82) is 0 Å². The molecule has 0 heteroatoms. The summed E-state index contributed by atoms with van der Waals surface area (Å²) >= 11 is 0. The van der Waals surface area contributed by atoms with E-state index in [9.17, 15) is 0 Å². The third kappa shape index (κ3) is 0.503. The van der Waals surface area contributed by atoms with E-state index in [1.54, 1.807) is 11.1 Å². The third-order valence-electron chi connectivity index (χ3n) is 4.08. The molecular weight excluding hydrogens is 132 g/mol. The highest BCUT2D eigenvalue weighted by Crippen LogP contribution is 2.60. The van der Waals surface area contributed by atoms with Gasteiger partial charge in [0.25, 0.3) is 0 Å². The zero-order valence-electron chi connectivity index (χ0n) is 7.17. The van der Waals surface area contributed by atoms with Gasteiger partial charge in [0.05, 0.1) is 0 Å². The quantitative estimate of drug-likeness (QED) is 0.461. The first-order valence-electron chi connectivity index (χ1n) is 4.64. The van der Waals surface area contributed by atoms with Crippen molar-refractivity contribution in [3.63, 3.8) is 0 Å². The van der Waals surface area contributed by atoms with Crippen molar-refractivity contribution in [2.75, 3.05) is 0 Å². The molecule has 0 aliphatic heterocycles. The molecule has 4 atom stereocenters. The Morgan fingerprint density at radius 2 is 1.45 bits per heavy atom. The molecule has 0 aromatic rings. The van der Waals surface area contributed by atoms with Crippen LogP contribution in [0.3, 0.4) is 0 Å². The fraction of sp³-hybridized carbons (Fsp3) is 0.636. The summed E-state index contributed by atoms with van der Waals surface area (Å²) in [5, 5.41) is 0. The molecule has 3 aliphatic carbocycles. The van der Waals surface area contributed by atoms with Gasteiger partial charge in [0.1, 0.15) is 0 Å². The first kappa shape index (κ1) is 6.05. The molecule has 0 heterocycles. The Hall–Kier alpha value is -0.520. The summed E-state index contributed by atoms with van der Waals surface area (Å²) in [6.07, 6.45) is 6.34. The Labute approximate surface area is 68.0 Å². The normalized spacial score (nSPS) is 51.5. The molecule has 1 fully saturated rings. The summed E-state index contributed by atoms with van der Waals surface area (Å²) in [6, 6.07) is 0. The van der Waals surface area contributed by atoms with Gasteiger partial charge >= 0.3 is 0 Å². The summed E-state index contributed by atoms with van der Waals surface area (Å²) in [6.45, 7) is 4.65. The first-order valence-corrected chi connectivity index (χ1v) is 4.64. The predicted octanol–water partition coefficient (Wildman–Crippen LogP) is 2.77. The second-order valence-electron chi connectivity index (χ2n) is 4.37.